The zero-order valence-corrected chi connectivity index (χ0v) is 19.1. The fourth-order valence-electron chi connectivity index (χ4n) is 2.26. The molecule has 0 bridgehead atoms. The van der Waals surface area contributed by atoms with E-state index in [0.29, 0.717) is 5.69 Å². The molecule has 0 unspecified atom stereocenters. The third kappa shape index (κ3) is 7.16. The number of nitro groups is 1. The predicted octanol–water partition coefficient (Wildman–Crippen LogP) is 2.65. The summed E-state index contributed by atoms with van der Waals surface area (Å²) in [7, 11) is -3.86. The van der Waals surface area contributed by atoms with Gasteiger partial charge >= 0.3 is 0 Å². The average molecular weight is 527 g/mol. The third-order valence-electron chi connectivity index (χ3n) is 3.66. The number of primary sulfonamides is 1. The molecule has 0 aliphatic rings. The van der Waals surface area contributed by atoms with Gasteiger partial charge in [-0.2, -0.15) is 0 Å². The topological polar surface area (TPSA) is 156 Å². The van der Waals surface area contributed by atoms with E-state index in [1.807, 2.05) is 0 Å². The van der Waals surface area contributed by atoms with Crippen molar-refractivity contribution in [2.75, 3.05) is 5.32 Å². The zero-order chi connectivity index (χ0) is 23.4. The number of hydrogen-bond acceptors (Lipinski definition) is 6. The van der Waals surface area contributed by atoms with Crippen LogP contribution in [-0.4, -0.2) is 34.3 Å². The summed E-state index contributed by atoms with van der Waals surface area (Å²) in [5, 5.41) is 23.7. The summed E-state index contributed by atoms with van der Waals surface area (Å²) >= 11 is 22.8. The summed E-state index contributed by atoms with van der Waals surface area (Å²) < 4.78 is 20.5. The van der Waals surface area contributed by atoms with Crippen LogP contribution in [0.3, 0.4) is 0 Å². The molecular weight excluding hydrogens is 513 g/mol. The number of nitrogens with one attached hydrogen (secondary N) is 3. The van der Waals surface area contributed by atoms with E-state index in [1.165, 1.54) is 42.5 Å². The van der Waals surface area contributed by atoms with E-state index in [1.54, 1.807) is 0 Å². The standard InChI is InChI=1S/C16H14Cl3N5O5S2/c17-16(18,19)14(22-13(25)11-3-1-2-4-12(11)24(26)27)23-15(30)21-9-5-7-10(8-6-9)31(20,28)29/h1-8,14H,(H,22,25)(H2,20,28,29)(H2,21,23,30)/t14-/m0/s1. The molecule has 2 aromatic rings. The van der Waals surface area contributed by atoms with E-state index in [0.717, 1.165) is 6.07 Å². The van der Waals surface area contributed by atoms with Crippen LogP contribution >= 0.6 is 47.0 Å². The number of carbonyl (C=O) groups is 1. The van der Waals surface area contributed by atoms with Gasteiger partial charge in [0.05, 0.1) is 9.82 Å². The first-order chi connectivity index (χ1) is 14.3. The minimum Gasteiger partial charge on any atom is -0.339 e. The van der Waals surface area contributed by atoms with Crippen LogP contribution in [0.5, 0.6) is 0 Å². The van der Waals surface area contributed by atoms with Crippen molar-refractivity contribution in [3.63, 3.8) is 0 Å². The Morgan fingerprint density at radius 1 is 1.10 bits per heavy atom. The number of sulfonamides is 1. The van der Waals surface area contributed by atoms with Crippen LogP contribution in [0, 0.1) is 10.1 Å². The summed E-state index contributed by atoms with van der Waals surface area (Å²) in [6, 6.07) is 10.5. The number of carbonyl (C=O) groups excluding carboxylic acids is 1. The SMILES string of the molecule is NS(=O)(=O)c1ccc(NC(=S)N[C@H](NC(=O)c2ccccc2[N+](=O)[O-])C(Cl)(Cl)Cl)cc1. The first-order valence-corrected chi connectivity index (χ1v) is 11.2. The van der Waals surface area contributed by atoms with Gasteiger partial charge < -0.3 is 16.0 Å². The number of rotatable bonds is 6. The van der Waals surface area contributed by atoms with Crippen molar-refractivity contribution in [2.24, 2.45) is 5.14 Å². The van der Waals surface area contributed by atoms with Crippen LogP contribution in [0.15, 0.2) is 53.4 Å². The molecule has 0 saturated heterocycles. The van der Waals surface area contributed by atoms with Gasteiger partial charge in [0, 0.05) is 11.8 Å². The van der Waals surface area contributed by atoms with Crippen molar-refractivity contribution < 1.29 is 18.1 Å². The van der Waals surface area contributed by atoms with Gasteiger partial charge in [0.1, 0.15) is 11.7 Å². The molecule has 0 fully saturated rings. The van der Waals surface area contributed by atoms with Crippen molar-refractivity contribution in [2.45, 2.75) is 14.9 Å². The van der Waals surface area contributed by atoms with E-state index in [9.17, 15) is 23.3 Å². The first-order valence-electron chi connectivity index (χ1n) is 8.10. The van der Waals surface area contributed by atoms with Crippen molar-refractivity contribution >= 4 is 79.4 Å². The lowest BCUT2D eigenvalue weighted by atomic mass is 10.1. The summed E-state index contributed by atoms with van der Waals surface area (Å²) in [4.78, 5) is 22.8. The summed E-state index contributed by atoms with van der Waals surface area (Å²) in [6.07, 6.45) is -1.38. The minimum absolute atomic E-state index is 0.0949. The van der Waals surface area contributed by atoms with Crippen LogP contribution < -0.4 is 21.1 Å². The van der Waals surface area contributed by atoms with E-state index >= 15 is 0 Å². The molecule has 5 N–H and O–H groups in total. The monoisotopic (exact) mass is 525 g/mol. The zero-order valence-electron chi connectivity index (χ0n) is 15.2. The van der Waals surface area contributed by atoms with Crippen LogP contribution in [0.25, 0.3) is 0 Å². The minimum atomic E-state index is -3.86. The number of alkyl halides is 3. The highest BCUT2D eigenvalue weighted by Gasteiger charge is 2.36. The fraction of sp³-hybridized carbons (Fsp3) is 0.125. The summed E-state index contributed by atoms with van der Waals surface area (Å²) in [5.41, 5.74) is -0.303. The lowest BCUT2D eigenvalue weighted by Gasteiger charge is -2.27. The molecule has 1 amide bonds. The molecule has 166 valence electrons. The number of hydrogen-bond donors (Lipinski definition) is 4. The molecule has 2 rings (SSSR count). The molecule has 15 heteroatoms. The Bertz CT molecular complexity index is 1110. The smallest absolute Gasteiger partial charge is 0.282 e. The number of amides is 1. The van der Waals surface area contributed by atoms with E-state index < -0.39 is 36.5 Å². The molecule has 0 heterocycles. The lowest BCUT2D eigenvalue weighted by molar-refractivity contribution is -0.385. The van der Waals surface area contributed by atoms with Crippen molar-refractivity contribution in [1.29, 1.82) is 0 Å². The third-order valence-corrected chi connectivity index (χ3v) is 5.47. The molecule has 0 aromatic heterocycles. The van der Waals surface area contributed by atoms with Crippen molar-refractivity contribution in [3.8, 4) is 0 Å². The summed E-state index contributed by atoms with van der Waals surface area (Å²) in [5.74, 6) is -0.878. The average Bonchev–Trinajstić information content (AvgIpc) is 2.66. The number of para-hydroxylation sites is 1. The Hall–Kier alpha value is -2.22. The molecule has 1 atom stereocenters. The van der Waals surface area contributed by atoms with Gasteiger partial charge in [0.2, 0.25) is 13.8 Å². The molecule has 0 radical (unpaired) electrons. The maximum absolute atomic E-state index is 12.5. The Morgan fingerprint density at radius 2 is 1.68 bits per heavy atom. The van der Waals surface area contributed by atoms with Crippen LogP contribution in [0.1, 0.15) is 10.4 Å². The maximum atomic E-state index is 12.5. The Kier molecular flexibility index (Phi) is 8.03. The Labute approximate surface area is 197 Å². The Morgan fingerprint density at radius 3 is 2.19 bits per heavy atom. The van der Waals surface area contributed by atoms with Gasteiger partial charge in [-0.3, -0.25) is 14.9 Å². The molecule has 0 spiro atoms. The predicted molar refractivity (Wildman–Crippen MR) is 122 cm³/mol. The van der Waals surface area contributed by atoms with E-state index in [4.69, 9.17) is 52.2 Å². The number of nitrogens with two attached hydrogens (primary N) is 1. The molecular formula is C16H14Cl3N5O5S2. The second-order valence-electron chi connectivity index (χ2n) is 5.89. The van der Waals surface area contributed by atoms with Gasteiger partial charge in [-0.1, -0.05) is 46.9 Å². The van der Waals surface area contributed by atoms with Gasteiger partial charge in [0.15, 0.2) is 5.11 Å². The lowest BCUT2D eigenvalue weighted by Crippen LogP contribution is -2.56. The molecule has 0 saturated carbocycles. The number of halogens is 3. The maximum Gasteiger partial charge on any atom is 0.282 e. The number of anilines is 1. The second kappa shape index (κ2) is 9.94. The first kappa shape index (κ1) is 25.0. The van der Waals surface area contributed by atoms with Gasteiger partial charge in [0.25, 0.3) is 11.6 Å². The molecule has 2 aromatic carbocycles. The highest BCUT2D eigenvalue weighted by atomic mass is 35.6. The van der Waals surface area contributed by atoms with Crippen LogP contribution in [0.4, 0.5) is 11.4 Å². The molecule has 10 nitrogen and oxygen atoms in total. The van der Waals surface area contributed by atoms with Gasteiger partial charge in [-0.15, -0.1) is 0 Å². The normalized spacial score (nSPS) is 12.5. The quantitative estimate of drug-likeness (QED) is 0.147. The van der Waals surface area contributed by atoms with Crippen LogP contribution in [0.2, 0.25) is 0 Å². The number of nitrogens with zero attached hydrogens (tertiary/aromatic N) is 1. The number of nitro benzene ring substituents is 1. The number of thiocarbonyl (C=S) groups is 1. The molecule has 31 heavy (non-hydrogen) atoms. The molecule has 0 aliphatic heterocycles. The van der Waals surface area contributed by atoms with Crippen molar-refractivity contribution in [3.05, 3.63) is 64.2 Å². The van der Waals surface area contributed by atoms with Gasteiger partial charge in [-0.25, -0.2) is 13.6 Å². The largest absolute Gasteiger partial charge is 0.339 e. The van der Waals surface area contributed by atoms with Crippen LogP contribution in [-0.2, 0) is 10.0 Å². The van der Waals surface area contributed by atoms with Gasteiger partial charge in [-0.05, 0) is 42.5 Å². The van der Waals surface area contributed by atoms with Crippen molar-refractivity contribution in [1.82, 2.24) is 10.6 Å². The highest BCUT2D eigenvalue weighted by Crippen LogP contribution is 2.30. The van der Waals surface area contributed by atoms with E-state index in [2.05, 4.69) is 16.0 Å². The number of benzene rings is 2. The molecule has 0 aliphatic carbocycles. The summed E-state index contributed by atoms with van der Waals surface area (Å²) in [6.45, 7) is 0. The Balaban J connectivity index is 2.14. The second-order valence-corrected chi connectivity index (χ2v) is 10.2. The highest BCUT2D eigenvalue weighted by molar-refractivity contribution is 7.89. The fourth-order valence-corrected chi connectivity index (χ4v) is 3.34. The van der Waals surface area contributed by atoms with E-state index in [-0.39, 0.29) is 15.6 Å².